The molecule has 1 N–H and O–H groups in total. The lowest BCUT2D eigenvalue weighted by atomic mass is 10.0. The molecule has 4 aromatic carbocycles. The molecule has 0 aliphatic carbocycles. The number of benzene rings is 4. The SMILES string of the molecule is COc1ccc(C(=O)N/N=C\c2ccccc2OC(=O)c2cccc3ccccc23)cc1. The van der Waals surface area contributed by atoms with Gasteiger partial charge in [-0.05, 0) is 53.2 Å². The Bertz CT molecular complexity index is 1290. The summed E-state index contributed by atoms with van der Waals surface area (Å²) < 4.78 is 10.7. The van der Waals surface area contributed by atoms with Crippen LogP contribution in [0.2, 0.25) is 0 Å². The minimum Gasteiger partial charge on any atom is -0.497 e. The number of carbonyl (C=O) groups excluding carboxylic acids is 2. The first-order valence-corrected chi connectivity index (χ1v) is 9.92. The van der Waals surface area contributed by atoms with Gasteiger partial charge in [0.1, 0.15) is 11.5 Å². The Kier molecular flexibility index (Phi) is 6.22. The van der Waals surface area contributed by atoms with Crippen LogP contribution in [0.4, 0.5) is 0 Å². The maximum absolute atomic E-state index is 12.9. The predicted octanol–water partition coefficient (Wildman–Crippen LogP) is 4.83. The summed E-state index contributed by atoms with van der Waals surface area (Å²) in [7, 11) is 1.56. The standard InChI is InChI=1S/C26H20N2O4/c1-31-21-15-13-19(14-16-21)25(29)28-27-17-20-8-3-5-12-24(20)32-26(30)23-11-6-9-18-7-2-4-10-22(18)23/h2-17H,1H3,(H,28,29)/b27-17-. The summed E-state index contributed by atoms with van der Waals surface area (Å²) in [4.78, 5) is 25.1. The number of fused-ring (bicyclic) bond motifs is 1. The van der Waals surface area contributed by atoms with E-state index in [2.05, 4.69) is 10.5 Å². The highest BCUT2D eigenvalue weighted by Gasteiger charge is 2.14. The number of esters is 1. The van der Waals surface area contributed by atoms with E-state index in [0.29, 0.717) is 28.2 Å². The fraction of sp³-hybridized carbons (Fsp3) is 0.0385. The molecule has 0 radical (unpaired) electrons. The van der Waals surface area contributed by atoms with Gasteiger partial charge in [-0.2, -0.15) is 5.10 Å². The van der Waals surface area contributed by atoms with E-state index >= 15 is 0 Å². The number of amides is 1. The highest BCUT2D eigenvalue weighted by molar-refractivity contribution is 6.05. The maximum Gasteiger partial charge on any atom is 0.344 e. The topological polar surface area (TPSA) is 77.0 Å². The van der Waals surface area contributed by atoms with Crippen LogP contribution >= 0.6 is 0 Å². The first-order chi connectivity index (χ1) is 15.7. The molecule has 0 spiro atoms. The molecule has 1 amide bonds. The van der Waals surface area contributed by atoms with Crippen LogP contribution in [0.25, 0.3) is 10.8 Å². The first kappa shape index (κ1) is 20.8. The summed E-state index contributed by atoms with van der Waals surface area (Å²) in [6.07, 6.45) is 1.44. The highest BCUT2D eigenvalue weighted by atomic mass is 16.5. The molecule has 0 saturated carbocycles. The minimum absolute atomic E-state index is 0.341. The highest BCUT2D eigenvalue weighted by Crippen LogP contribution is 2.22. The predicted molar refractivity (Wildman–Crippen MR) is 123 cm³/mol. The van der Waals surface area contributed by atoms with E-state index in [0.717, 1.165) is 10.8 Å². The Morgan fingerprint density at radius 3 is 2.38 bits per heavy atom. The Labute approximate surface area is 185 Å². The van der Waals surface area contributed by atoms with Gasteiger partial charge in [0.05, 0.1) is 18.9 Å². The van der Waals surface area contributed by atoms with Crippen LogP contribution in [0.3, 0.4) is 0 Å². The molecule has 0 atom stereocenters. The molecule has 0 heterocycles. The van der Waals surface area contributed by atoms with Crippen molar-refractivity contribution in [3.63, 3.8) is 0 Å². The third-order valence-corrected chi connectivity index (χ3v) is 4.85. The van der Waals surface area contributed by atoms with Crippen LogP contribution in [0, 0.1) is 0 Å². The van der Waals surface area contributed by atoms with E-state index < -0.39 is 5.97 Å². The zero-order valence-corrected chi connectivity index (χ0v) is 17.3. The smallest absolute Gasteiger partial charge is 0.344 e. The molecule has 0 aliphatic rings. The fourth-order valence-corrected chi connectivity index (χ4v) is 3.21. The molecule has 6 heteroatoms. The lowest BCUT2D eigenvalue weighted by Crippen LogP contribution is -2.17. The van der Waals surface area contributed by atoms with Crippen LogP contribution in [0.1, 0.15) is 26.3 Å². The molecule has 0 fully saturated rings. The van der Waals surface area contributed by atoms with Gasteiger partial charge in [-0.1, -0.05) is 48.5 Å². The molecule has 0 aromatic heterocycles. The molecule has 0 unspecified atom stereocenters. The number of para-hydroxylation sites is 1. The molecule has 4 rings (SSSR count). The summed E-state index contributed by atoms with van der Waals surface area (Å²) in [5.74, 6) is 0.166. The number of ether oxygens (including phenoxy) is 2. The zero-order chi connectivity index (χ0) is 22.3. The summed E-state index contributed by atoms with van der Waals surface area (Å²) in [5.41, 5.74) is 3.94. The molecule has 6 nitrogen and oxygen atoms in total. The van der Waals surface area contributed by atoms with Crippen molar-refractivity contribution in [1.29, 1.82) is 0 Å². The lowest BCUT2D eigenvalue weighted by molar-refractivity contribution is 0.0736. The molecule has 0 bridgehead atoms. The van der Waals surface area contributed by atoms with Crippen LogP contribution < -0.4 is 14.9 Å². The minimum atomic E-state index is -0.468. The van der Waals surface area contributed by atoms with Crippen LogP contribution in [-0.2, 0) is 0 Å². The van der Waals surface area contributed by atoms with Crippen LogP contribution in [-0.4, -0.2) is 25.2 Å². The van der Waals surface area contributed by atoms with Crippen molar-refractivity contribution in [2.45, 2.75) is 0 Å². The number of hydrogen-bond donors (Lipinski definition) is 1. The number of nitrogens with zero attached hydrogens (tertiary/aromatic N) is 1. The Morgan fingerprint density at radius 1 is 0.844 bits per heavy atom. The van der Waals surface area contributed by atoms with Gasteiger partial charge in [-0.15, -0.1) is 0 Å². The second kappa shape index (κ2) is 9.57. The number of carbonyl (C=O) groups is 2. The Hall–Kier alpha value is -4.45. The monoisotopic (exact) mass is 424 g/mol. The number of rotatable bonds is 6. The summed E-state index contributed by atoms with van der Waals surface area (Å²) in [6, 6.07) is 26.8. The number of nitrogens with one attached hydrogen (secondary N) is 1. The Balaban J connectivity index is 1.48. The Morgan fingerprint density at radius 2 is 1.56 bits per heavy atom. The molecule has 0 saturated heterocycles. The maximum atomic E-state index is 12.9. The van der Waals surface area contributed by atoms with Crippen molar-refractivity contribution in [2.75, 3.05) is 7.11 Å². The quantitative estimate of drug-likeness (QED) is 0.208. The van der Waals surface area contributed by atoms with E-state index in [9.17, 15) is 9.59 Å². The molecular formula is C26H20N2O4. The molecule has 32 heavy (non-hydrogen) atoms. The summed E-state index contributed by atoms with van der Waals surface area (Å²) in [5, 5.41) is 5.78. The van der Waals surface area contributed by atoms with E-state index in [1.807, 2.05) is 36.4 Å². The van der Waals surface area contributed by atoms with Crippen molar-refractivity contribution in [3.05, 3.63) is 108 Å². The van der Waals surface area contributed by atoms with Crippen molar-refractivity contribution in [3.8, 4) is 11.5 Å². The van der Waals surface area contributed by atoms with E-state index in [-0.39, 0.29) is 5.91 Å². The average Bonchev–Trinajstić information content (AvgIpc) is 2.84. The second-order valence-electron chi connectivity index (χ2n) is 6.88. The van der Waals surface area contributed by atoms with Gasteiger partial charge in [-0.25, -0.2) is 10.2 Å². The average molecular weight is 424 g/mol. The summed E-state index contributed by atoms with van der Waals surface area (Å²) in [6.45, 7) is 0. The third kappa shape index (κ3) is 4.65. The van der Waals surface area contributed by atoms with Gasteiger partial charge in [0, 0.05) is 11.1 Å². The number of hydrogen-bond acceptors (Lipinski definition) is 5. The first-order valence-electron chi connectivity index (χ1n) is 9.92. The van der Waals surface area contributed by atoms with Crippen LogP contribution in [0.5, 0.6) is 11.5 Å². The van der Waals surface area contributed by atoms with Crippen molar-refractivity contribution in [2.24, 2.45) is 5.10 Å². The van der Waals surface area contributed by atoms with Crippen LogP contribution in [0.15, 0.2) is 96.1 Å². The second-order valence-corrected chi connectivity index (χ2v) is 6.88. The van der Waals surface area contributed by atoms with Gasteiger partial charge < -0.3 is 9.47 Å². The number of methoxy groups -OCH3 is 1. The van der Waals surface area contributed by atoms with E-state index in [1.165, 1.54) is 6.21 Å². The van der Waals surface area contributed by atoms with Gasteiger partial charge in [0.15, 0.2) is 0 Å². The van der Waals surface area contributed by atoms with Gasteiger partial charge in [-0.3, -0.25) is 4.79 Å². The van der Waals surface area contributed by atoms with E-state index in [1.54, 1.807) is 61.7 Å². The summed E-state index contributed by atoms with van der Waals surface area (Å²) >= 11 is 0. The molecule has 4 aromatic rings. The molecule has 0 aliphatic heterocycles. The third-order valence-electron chi connectivity index (χ3n) is 4.85. The van der Waals surface area contributed by atoms with Gasteiger partial charge >= 0.3 is 5.97 Å². The number of hydrazone groups is 1. The fourth-order valence-electron chi connectivity index (χ4n) is 3.21. The zero-order valence-electron chi connectivity index (χ0n) is 17.3. The van der Waals surface area contributed by atoms with E-state index in [4.69, 9.17) is 9.47 Å². The van der Waals surface area contributed by atoms with Crippen molar-refractivity contribution < 1.29 is 19.1 Å². The largest absolute Gasteiger partial charge is 0.497 e. The molecule has 158 valence electrons. The normalized spacial score (nSPS) is 10.8. The molecular weight excluding hydrogens is 404 g/mol. The van der Waals surface area contributed by atoms with Crippen molar-refractivity contribution in [1.82, 2.24) is 5.43 Å². The van der Waals surface area contributed by atoms with Crippen molar-refractivity contribution >= 4 is 28.9 Å². The van der Waals surface area contributed by atoms with Gasteiger partial charge in [0.25, 0.3) is 5.91 Å². The lowest BCUT2D eigenvalue weighted by Gasteiger charge is -2.09. The van der Waals surface area contributed by atoms with Gasteiger partial charge in [0.2, 0.25) is 0 Å².